The molecule has 2 heterocycles. The molecule has 0 N–H and O–H groups in total. The number of alkyl halides is 3. The Morgan fingerprint density at radius 1 is 0.750 bits per heavy atom. The maximum atomic E-state index is 12.5. The predicted molar refractivity (Wildman–Crippen MR) is 171 cm³/mol. The van der Waals surface area contributed by atoms with Crippen LogP contribution in [0.2, 0.25) is 10.0 Å². The first-order valence-corrected chi connectivity index (χ1v) is 16.8. The summed E-state index contributed by atoms with van der Waals surface area (Å²) in [6.07, 6.45) is -0.0693. The second kappa shape index (κ2) is 14.6. The first-order chi connectivity index (χ1) is 21.9. The molecule has 0 spiro atoms. The average molecular weight is 742 g/mol. The van der Waals surface area contributed by atoms with Gasteiger partial charge in [-0.25, -0.2) is 14.4 Å². The number of benzene rings is 2. The van der Waals surface area contributed by atoms with Crippen LogP contribution in [0.15, 0.2) is 24.3 Å². The van der Waals surface area contributed by atoms with Crippen LogP contribution < -0.4 is 4.18 Å². The fraction of sp³-hybridized carbons (Fsp3) is 0.516. The number of methoxy groups -OCH3 is 1. The third-order valence-corrected chi connectivity index (χ3v) is 8.63. The summed E-state index contributed by atoms with van der Waals surface area (Å²) in [5.74, 6) is -1.06. The molecule has 0 radical (unpaired) electrons. The molecule has 0 saturated carbocycles. The van der Waals surface area contributed by atoms with Gasteiger partial charge in [0.1, 0.15) is 11.2 Å². The van der Waals surface area contributed by atoms with Crippen LogP contribution in [0.4, 0.5) is 22.8 Å². The topological polar surface area (TPSA) is 129 Å². The van der Waals surface area contributed by atoms with E-state index in [1.165, 1.54) is 18.1 Å². The van der Waals surface area contributed by atoms with Gasteiger partial charge in [0.2, 0.25) is 0 Å². The van der Waals surface area contributed by atoms with E-state index in [1.54, 1.807) is 31.7 Å². The van der Waals surface area contributed by atoms with Crippen molar-refractivity contribution in [1.29, 1.82) is 0 Å². The number of rotatable bonds is 3. The number of nitrogens with zero attached hydrogens (tertiary/aromatic N) is 2. The Balaban J connectivity index is 0.000000264. The van der Waals surface area contributed by atoms with E-state index in [9.17, 15) is 36.0 Å². The smallest absolute Gasteiger partial charge is 0.465 e. The van der Waals surface area contributed by atoms with Crippen molar-refractivity contribution in [2.45, 2.75) is 84.2 Å². The van der Waals surface area contributed by atoms with Crippen LogP contribution in [0.25, 0.3) is 0 Å². The Morgan fingerprint density at radius 2 is 1.19 bits per heavy atom. The third kappa shape index (κ3) is 9.82. The number of carbonyl (C=O) groups is 3. The van der Waals surface area contributed by atoms with E-state index < -0.39 is 44.6 Å². The van der Waals surface area contributed by atoms with E-state index in [0.29, 0.717) is 41.2 Å². The zero-order valence-electron chi connectivity index (χ0n) is 27.4. The number of ether oxygens (including phenoxy) is 3. The Labute approximate surface area is 287 Å². The molecule has 2 aliphatic rings. The van der Waals surface area contributed by atoms with Crippen molar-refractivity contribution in [1.82, 2.24) is 9.80 Å². The van der Waals surface area contributed by atoms with Gasteiger partial charge in [0.05, 0.1) is 22.7 Å². The van der Waals surface area contributed by atoms with E-state index in [4.69, 9.17) is 37.4 Å². The van der Waals surface area contributed by atoms with Crippen LogP contribution in [-0.4, -0.2) is 73.3 Å². The molecule has 4 rings (SSSR count). The van der Waals surface area contributed by atoms with Gasteiger partial charge in [-0.2, -0.15) is 21.6 Å². The molecule has 0 aliphatic carbocycles. The molecule has 2 aromatic carbocycles. The van der Waals surface area contributed by atoms with Gasteiger partial charge >= 0.3 is 33.8 Å². The first-order valence-electron chi connectivity index (χ1n) is 14.6. The van der Waals surface area contributed by atoms with Crippen molar-refractivity contribution < 1.29 is 54.4 Å². The largest absolute Gasteiger partial charge is 0.534 e. The highest BCUT2D eigenvalue weighted by molar-refractivity contribution is 7.88. The maximum absolute atomic E-state index is 12.5. The summed E-state index contributed by atoms with van der Waals surface area (Å²) in [5, 5.41) is 0.187. The Hall–Kier alpha value is -3.43. The van der Waals surface area contributed by atoms with E-state index in [0.717, 1.165) is 17.2 Å². The van der Waals surface area contributed by atoms with Crippen molar-refractivity contribution in [2.75, 3.05) is 20.2 Å². The normalized spacial score (nSPS) is 14.9. The predicted octanol–water partition coefficient (Wildman–Crippen LogP) is 7.28. The Morgan fingerprint density at radius 3 is 1.60 bits per heavy atom. The van der Waals surface area contributed by atoms with Crippen molar-refractivity contribution in [3.05, 3.63) is 62.1 Å². The van der Waals surface area contributed by atoms with Crippen LogP contribution in [0, 0.1) is 0 Å². The highest BCUT2D eigenvalue weighted by Gasteiger charge is 2.49. The van der Waals surface area contributed by atoms with Gasteiger partial charge < -0.3 is 28.2 Å². The molecule has 48 heavy (non-hydrogen) atoms. The van der Waals surface area contributed by atoms with Crippen molar-refractivity contribution in [3.8, 4) is 5.75 Å². The standard InChI is InChI=1S/C16H20ClNO4.C15H17ClF3NO5S/c1-16(2,3)22-15(20)18-8-7-11-10(9-18)5-6-12(13(11)17)14(19)21-4;1-14(2,3)24-13(21)20-7-6-10-9(8-20)4-5-11(12(10)16)25-26(22,23)15(17,18)19/h5-6H,7-9H2,1-4H3;4-5H,6-8H2,1-3H3. The zero-order valence-corrected chi connectivity index (χ0v) is 29.7. The van der Waals surface area contributed by atoms with Gasteiger partial charge in [0.25, 0.3) is 0 Å². The second-order valence-corrected chi connectivity index (χ2v) is 15.2. The molecule has 266 valence electrons. The average Bonchev–Trinajstić information content (AvgIpc) is 2.96. The molecule has 0 aromatic heterocycles. The fourth-order valence-corrected chi connectivity index (χ4v) is 5.85. The van der Waals surface area contributed by atoms with Crippen LogP contribution in [0.5, 0.6) is 5.75 Å². The molecular weight excluding hydrogens is 704 g/mol. The zero-order chi connectivity index (χ0) is 36.4. The molecule has 0 saturated heterocycles. The van der Waals surface area contributed by atoms with Crippen molar-refractivity contribution in [3.63, 3.8) is 0 Å². The minimum absolute atomic E-state index is 0.135. The van der Waals surface area contributed by atoms with E-state index in [1.807, 2.05) is 26.8 Å². The van der Waals surface area contributed by atoms with Gasteiger partial charge in [-0.1, -0.05) is 35.3 Å². The molecule has 2 amide bonds. The van der Waals surface area contributed by atoms with Gasteiger partial charge in [0.15, 0.2) is 5.75 Å². The lowest BCUT2D eigenvalue weighted by Gasteiger charge is -2.31. The molecular formula is C31H37Cl2F3N2O9S. The van der Waals surface area contributed by atoms with E-state index in [2.05, 4.69) is 4.18 Å². The van der Waals surface area contributed by atoms with Gasteiger partial charge in [-0.3, -0.25) is 0 Å². The lowest BCUT2D eigenvalue weighted by atomic mass is 9.97. The van der Waals surface area contributed by atoms with Crippen LogP contribution in [0.3, 0.4) is 0 Å². The number of hydrogen-bond donors (Lipinski definition) is 0. The molecule has 2 aromatic rings. The third-order valence-electron chi connectivity index (χ3n) is 6.82. The van der Waals surface area contributed by atoms with E-state index >= 15 is 0 Å². The van der Waals surface area contributed by atoms with Crippen LogP contribution in [0.1, 0.15) is 74.2 Å². The maximum Gasteiger partial charge on any atom is 0.534 e. The summed E-state index contributed by atoms with van der Waals surface area (Å²) >= 11 is 12.3. The second-order valence-electron chi connectivity index (χ2n) is 12.9. The van der Waals surface area contributed by atoms with Gasteiger partial charge in [-0.05, 0) is 88.8 Å². The minimum atomic E-state index is -5.81. The SMILES string of the molecule is CC(C)(C)OC(=O)N1CCc2c(ccc(OS(=O)(=O)C(F)(F)F)c2Cl)C1.COC(=O)c1ccc2c(c1Cl)CCN(C(=O)OC(C)(C)C)C2. The molecule has 0 bridgehead atoms. The molecule has 11 nitrogen and oxygen atoms in total. The van der Waals surface area contributed by atoms with E-state index in [-0.39, 0.29) is 30.6 Å². The summed E-state index contributed by atoms with van der Waals surface area (Å²) in [5.41, 5.74) is -3.57. The lowest BCUT2D eigenvalue weighted by molar-refractivity contribution is -0.0500. The molecule has 0 fully saturated rings. The summed E-state index contributed by atoms with van der Waals surface area (Å²) in [6.45, 7) is 12.0. The Kier molecular flexibility index (Phi) is 11.9. The van der Waals surface area contributed by atoms with Gasteiger partial charge in [-0.15, -0.1) is 0 Å². The monoisotopic (exact) mass is 740 g/mol. The van der Waals surface area contributed by atoms with Gasteiger partial charge in [0, 0.05) is 26.2 Å². The highest BCUT2D eigenvalue weighted by Crippen LogP contribution is 2.37. The molecule has 0 unspecified atom stereocenters. The number of hydrogen-bond acceptors (Lipinski definition) is 9. The molecule has 2 aliphatic heterocycles. The number of carbonyl (C=O) groups excluding carboxylic acids is 3. The molecule has 0 atom stereocenters. The lowest BCUT2D eigenvalue weighted by Crippen LogP contribution is -2.40. The summed E-state index contributed by atoms with van der Waals surface area (Å²) in [7, 11) is -4.49. The number of amides is 2. The van der Waals surface area contributed by atoms with Crippen molar-refractivity contribution >= 4 is 51.5 Å². The summed E-state index contributed by atoms with van der Waals surface area (Å²) in [4.78, 5) is 39.0. The number of fused-ring (bicyclic) bond motifs is 2. The number of halogens is 5. The minimum Gasteiger partial charge on any atom is -0.465 e. The highest BCUT2D eigenvalue weighted by atomic mass is 35.5. The quantitative estimate of drug-likeness (QED) is 0.138. The summed E-state index contributed by atoms with van der Waals surface area (Å²) in [6, 6.07) is 5.84. The number of esters is 1. The first kappa shape index (κ1) is 39.0. The Bertz CT molecular complexity index is 1670. The van der Waals surface area contributed by atoms with Crippen LogP contribution in [-0.2, 0) is 50.3 Å². The fourth-order valence-electron chi connectivity index (χ4n) is 4.66. The summed E-state index contributed by atoms with van der Waals surface area (Å²) < 4.78 is 79.1. The molecule has 17 heteroatoms. The van der Waals surface area contributed by atoms with Crippen LogP contribution >= 0.6 is 23.2 Å². The van der Waals surface area contributed by atoms with Crippen molar-refractivity contribution in [2.24, 2.45) is 0 Å².